The van der Waals surface area contributed by atoms with Gasteiger partial charge in [0.25, 0.3) is 5.91 Å². The number of nitrogens with one attached hydrogen (secondary N) is 1. The number of phenolic OH excluding ortho intramolecular Hbond substituents is 1. The van der Waals surface area contributed by atoms with Gasteiger partial charge in [0, 0.05) is 6.54 Å². The van der Waals surface area contributed by atoms with Crippen molar-refractivity contribution in [3.05, 3.63) is 59.9 Å². The van der Waals surface area contributed by atoms with Gasteiger partial charge in [-0.25, -0.2) is 4.39 Å². The van der Waals surface area contributed by atoms with E-state index in [0.717, 1.165) is 5.56 Å². The Balaban J connectivity index is 1.73. The van der Waals surface area contributed by atoms with Gasteiger partial charge in [0.1, 0.15) is 5.75 Å². The Morgan fingerprint density at radius 1 is 1.14 bits per heavy atom. The van der Waals surface area contributed by atoms with Crippen molar-refractivity contribution in [3.63, 3.8) is 0 Å². The summed E-state index contributed by atoms with van der Waals surface area (Å²) in [6.07, 6.45) is 0.512. The van der Waals surface area contributed by atoms with Crippen LogP contribution in [0.5, 0.6) is 11.5 Å². The standard InChI is InChI=1S/C16H16FNO3/c17-13-6-2-4-8-15(13)21-11-16(20)18-10-9-12-5-1-3-7-14(12)19/h1-8,19H,9-11H2,(H,18,20). The minimum Gasteiger partial charge on any atom is -0.508 e. The number of benzene rings is 2. The van der Waals surface area contributed by atoms with Gasteiger partial charge in [-0.3, -0.25) is 4.79 Å². The molecule has 21 heavy (non-hydrogen) atoms. The quantitative estimate of drug-likeness (QED) is 0.857. The summed E-state index contributed by atoms with van der Waals surface area (Å²) in [5.74, 6) is -0.587. The maximum Gasteiger partial charge on any atom is 0.257 e. The molecule has 2 N–H and O–H groups in total. The first-order valence-corrected chi connectivity index (χ1v) is 6.57. The third-order valence-electron chi connectivity index (χ3n) is 2.90. The first kappa shape index (κ1) is 14.8. The van der Waals surface area contributed by atoms with Gasteiger partial charge in [-0.05, 0) is 30.2 Å². The highest BCUT2D eigenvalue weighted by Gasteiger charge is 2.06. The Labute approximate surface area is 122 Å². The van der Waals surface area contributed by atoms with Crippen LogP contribution in [0.3, 0.4) is 0 Å². The van der Waals surface area contributed by atoms with Crippen LogP contribution in [0.15, 0.2) is 48.5 Å². The highest BCUT2D eigenvalue weighted by molar-refractivity contribution is 5.77. The number of aromatic hydroxyl groups is 1. The number of amides is 1. The second kappa shape index (κ2) is 7.28. The summed E-state index contributed by atoms with van der Waals surface area (Å²) >= 11 is 0. The first-order chi connectivity index (χ1) is 10.2. The van der Waals surface area contributed by atoms with E-state index in [-0.39, 0.29) is 24.0 Å². The summed E-state index contributed by atoms with van der Waals surface area (Å²) in [5, 5.41) is 12.2. The Kier molecular flexibility index (Phi) is 5.15. The Hall–Kier alpha value is -2.56. The van der Waals surface area contributed by atoms with Crippen LogP contribution in [0.25, 0.3) is 0 Å². The van der Waals surface area contributed by atoms with Crippen LogP contribution in [0.4, 0.5) is 4.39 Å². The molecule has 0 fully saturated rings. The van der Waals surface area contributed by atoms with Gasteiger partial charge in [-0.1, -0.05) is 30.3 Å². The molecule has 0 saturated carbocycles. The van der Waals surface area contributed by atoms with Crippen molar-refractivity contribution < 1.29 is 19.0 Å². The lowest BCUT2D eigenvalue weighted by Gasteiger charge is -2.08. The summed E-state index contributed by atoms with van der Waals surface area (Å²) < 4.78 is 18.4. The molecular formula is C16H16FNO3. The van der Waals surface area contributed by atoms with E-state index in [4.69, 9.17) is 4.74 Å². The van der Waals surface area contributed by atoms with Gasteiger partial charge in [0.15, 0.2) is 18.2 Å². The van der Waals surface area contributed by atoms with Crippen molar-refractivity contribution >= 4 is 5.91 Å². The van der Waals surface area contributed by atoms with Crippen LogP contribution in [0.1, 0.15) is 5.56 Å². The fourth-order valence-corrected chi connectivity index (χ4v) is 1.81. The zero-order valence-electron chi connectivity index (χ0n) is 11.4. The van der Waals surface area contributed by atoms with E-state index in [1.54, 1.807) is 30.3 Å². The summed E-state index contributed by atoms with van der Waals surface area (Å²) in [6.45, 7) is 0.124. The van der Waals surface area contributed by atoms with E-state index in [2.05, 4.69) is 5.32 Å². The molecule has 1 amide bonds. The minimum absolute atomic E-state index is 0.0494. The normalized spacial score (nSPS) is 10.1. The Bertz CT molecular complexity index is 616. The smallest absolute Gasteiger partial charge is 0.257 e. The lowest BCUT2D eigenvalue weighted by molar-refractivity contribution is -0.123. The molecular weight excluding hydrogens is 273 g/mol. The monoisotopic (exact) mass is 289 g/mol. The second-order valence-corrected chi connectivity index (χ2v) is 4.45. The number of para-hydroxylation sites is 2. The number of carbonyl (C=O) groups is 1. The van der Waals surface area contributed by atoms with E-state index in [1.165, 1.54) is 12.1 Å². The molecule has 0 atom stereocenters. The molecule has 0 aliphatic heterocycles. The minimum atomic E-state index is -0.500. The SMILES string of the molecule is O=C(COc1ccccc1F)NCCc1ccccc1O. The van der Waals surface area contributed by atoms with Gasteiger partial charge in [-0.2, -0.15) is 0 Å². The zero-order valence-corrected chi connectivity index (χ0v) is 11.4. The van der Waals surface area contributed by atoms with Crippen LogP contribution < -0.4 is 10.1 Å². The van der Waals surface area contributed by atoms with E-state index >= 15 is 0 Å². The third kappa shape index (κ3) is 4.49. The predicted molar refractivity (Wildman–Crippen MR) is 76.7 cm³/mol. The topological polar surface area (TPSA) is 58.6 Å². The number of rotatable bonds is 6. The van der Waals surface area contributed by atoms with Crippen LogP contribution >= 0.6 is 0 Å². The molecule has 0 saturated heterocycles. The lowest BCUT2D eigenvalue weighted by atomic mass is 10.1. The van der Waals surface area contributed by atoms with E-state index in [1.807, 2.05) is 6.07 Å². The van der Waals surface area contributed by atoms with Gasteiger partial charge in [0.2, 0.25) is 0 Å². The maximum atomic E-state index is 13.3. The average molecular weight is 289 g/mol. The lowest BCUT2D eigenvalue weighted by Crippen LogP contribution is -2.30. The zero-order chi connectivity index (χ0) is 15.1. The third-order valence-corrected chi connectivity index (χ3v) is 2.90. The van der Waals surface area contributed by atoms with Crippen molar-refractivity contribution in [1.29, 1.82) is 0 Å². The number of phenols is 1. The summed E-state index contributed by atoms with van der Waals surface area (Å²) in [7, 11) is 0. The molecule has 110 valence electrons. The molecule has 5 heteroatoms. The number of hydrogen-bond acceptors (Lipinski definition) is 3. The summed E-state index contributed by atoms with van der Waals surface area (Å²) in [5.41, 5.74) is 0.757. The van der Waals surface area contributed by atoms with Gasteiger partial charge >= 0.3 is 0 Å². The molecule has 0 bridgehead atoms. The molecule has 0 spiro atoms. The number of carbonyl (C=O) groups excluding carboxylic acids is 1. The predicted octanol–water partition coefficient (Wildman–Crippen LogP) is 2.27. The van der Waals surface area contributed by atoms with Crippen LogP contribution in [-0.2, 0) is 11.2 Å². The van der Waals surface area contributed by atoms with Crippen molar-refractivity contribution in [2.75, 3.05) is 13.2 Å². The van der Waals surface area contributed by atoms with Crippen molar-refractivity contribution in [2.45, 2.75) is 6.42 Å². The van der Waals surface area contributed by atoms with Gasteiger partial charge in [0.05, 0.1) is 0 Å². The van der Waals surface area contributed by atoms with Gasteiger partial charge < -0.3 is 15.2 Å². The molecule has 0 aromatic heterocycles. The fourth-order valence-electron chi connectivity index (χ4n) is 1.81. The maximum absolute atomic E-state index is 13.3. The molecule has 0 aliphatic carbocycles. The molecule has 4 nitrogen and oxygen atoms in total. The fraction of sp³-hybridized carbons (Fsp3) is 0.188. The molecule has 2 aromatic rings. The Morgan fingerprint density at radius 2 is 1.86 bits per heavy atom. The largest absolute Gasteiger partial charge is 0.508 e. The molecule has 0 heterocycles. The van der Waals surface area contributed by atoms with Gasteiger partial charge in [-0.15, -0.1) is 0 Å². The summed E-state index contributed by atoms with van der Waals surface area (Å²) in [6, 6.07) is 12.9. The van der Waals surface area contributed by atoms with Crippen molar-refractivity contribution in [3.8, 4) is 11.5 Å². The van der Waals surface area contributed by atoms with E-state index in [0.29, 0.717) is 13.0 Å². The van der Waals surface area contributed by atoms with E-state index < -0.39 is 5.82 Å². The Morgan fingerprint density at radius 3 is 2.62 bits per heavy atom. The van der Waals surface area contributed by atoms with Crippen molar-refractivity contribution in [2.24, 2.45) is 0 Å². The van der Waals surface area contributed by atoms with Crippen molar-refractivity contribution in [1.82, 2.24) is 5.32 Å². The number of halogens is 1. The second-order valence-electron chi connectivity index (χ2n) is 4.45. The van der Waals surface area contributed by atoms with E-state index in [9.17, 15) is 14.3 Å². The molecule has 0 radical (unpaired) electrons. The van der Waals surface area contributed by atoms with Crippen LogP contribution in [-0.4, -0.2) is 24.2 Å². The first-order valence-electron chi connectivity index (χ1n) is 6.57. The molecule has 0 aliphatic rings. The number of ether oxygens (including phenoxy) is 1. The highest BCUT2D eigenvalue weighted by atomic mass is 19.1. The molecule has 2 aromatic carbocycles. The summed E-state index contributed by atoms with van der Waals surface area (Å²) in [4.78, 5) is 11.6. The van der Waals surface area contributed by atoms with Crippen LogP contribution in [0, 0.1) is 5.82 Å². The number of hydrogen-bond donors (Lipinski definition) is 2. The molecule has 0 unspecified atom stereocenters. The van der Waals surface area contributed by atoms with Crippen LogP contribution in [0.2, 0.25) is 0 Å². The molecule has 2 rings (SSSR count). The highest BCUT2D eigenvalue weighted by Crippen LogP contribution is 2.16. The average Bonchev–Trinajstić information content (AvgIpc) is 2.48.